The fourth-order valence-electron chi connectivity index (χ4n) is 1.11. The molecule has 1 aromatic rings. The highest BCUT2D eigenvalue weighted by atomic mass is 32.1. The van der Waals surface area contributed by atoms with Gasteiger partial charge in [-0.15, -0.1) is 11.3 Å². The summed E-state index contributed by atoms with van der Waals surface area (Å²) in [6, 6.07) is 1.92. The third-order valence-electron chi connectivity index (χ3n) is 2.31. The zero-order valence-electron chi connectivity index (χ0n) is 10.7. The molecule has 0 bridgehead atoms. The zero-order chi connectivity index (χ0) is 13.5. The molecule has 0 aliphatic carbocycles. The Morgan fingerprint density at radius 2 is 2.44 bits per heavy atom. The van der Waals surface area contributed by atoms with Crippen LogP contribution in [0.5, 0.6) is 0 Å². The van der Waals surface area contributed by atoms with Crippen molar-refractivity contribution in [2.45, 2.75) is 33.2 Å². The highest BCUT2D eigenvalue weighted by molar-refractivity contribution is 7.13. The molecule has 1 heterocycles. The summed E-state index contributed by atoms with van der Waals surface area (Å²) < 4.78 is 0. The monoisotopic (exact) mass is 264 g/mol. The van der Waals surface area contributed by atoms with Crippen LogP contribution in [-0.2, 0) is 4.79 Å². The fraction of sp³-hybridized carbons (Fsp3) is 0.417. The summed E-state index contributed by atoms with van der Waals surface area (Å²) in [7, 11) is 0. The second kappa shape index (κ2) is 6.77. The molecule has 2 N–H and O–H groups in total. The van der Waals surface area contributed by atoms with E-state index in [-0.39, 0.29) is 17.5 Å². The molecule has 1 unspecified atom stereocenters. The molecule has 0 fully saturated rings. The first kappa shape index (κ1) is 14.2. The maximum atomic E-state index is 11.7. The van der Waals surface area contributed by atoms with Crippen LogP contribution in [0, 0.1) is 18.3 Å². The van der Waals surface area contributed by atoms with Crippen LogP contribution in [0.1, 0.15) is 26.0 Å². The first-order valence-corrected chi connectivity index (χ1v) is 6.54. The topological polar surface area (TPSA) is 77.8 Å². The Hall–Kier alpha value is -1.87. The van der Waals surface area contributed by atoms with E-state index in [1.807, 2.05) is 32.2 Å². The van der Waals surface area contributed by atoms with Crippen molar-refractivity contribution in [3.63, 3.8) is 0 Å². The molecule has 0 aliphatic rings. The van der Waals surface area contributed by atoms with Crippen molar-refractivity contribution >= 4 is 22.4 Å². The number of nitrogens with one attached hydrogen (secondary N) is 2. The van der Waals surface area contributed by atoms with Crippen LogP contribution in [0.15, 0.2) is 17.2 Å². The zero-order valence-corrected chi connectivity index (χ0v) is 11.5. The molecular formula is C12H16N4OS. The van der Waals surface area contributed by atoms with Gasteiger partial charge in [-0.1, -0.05) is 6.92 Å². The van der Waals surface area contributed by atoms with E-state index in [2.05, 4.69) is 15.6 Å². The summed E-state index contributed by atoms with van der Waals surface area (Å²) in [6.07, 6.45) is 2.21. The maximum absolute atomic E-state index is 11.7. The summed E-state index contributed by atoms with van der Waals surface area (Å²) in [5, 5.41) is 17.1. The van der Waals surface area contributed by atoms with Crippen molar-refractivity contribution in [2.75, 3.05) is 5.32 Å². The van der Waals surface area contributed by atoms with Crippen LogP contribution in [0.4, 0.5) is 5.13 Å². The van der Waals surface area contributed by atoms with E-state index in [9.17, 15) is 4.79 Å². The molecule has 5 nitrogen and oxygen atoms in total. The Labute approximate surface area is 111 Å². The highest BCUT2D eigenvalue weighted by Crippen LogP contribution is 2.14. The number of rotatable bonds is 5. The van der Waals surface area contributed by atoms with E-state index in [1.54, 1.807) is 0 Å². The predicted molar refractivity (Wildman–Crippen MR) is 72.1 cm³/mol. The summed E-state index contributed by atoms with van der Waals surface area (Å²) in [5.41, 5.74) is 0.946. The summed E-state index contributed by atoms with van der Waals surface area (Å²) >= 11 is 1.42. The lowest BCUT2D eigenvalue weighted by atomic mass is 10.2. The van der Waals surface area contributed by atoms with Crippen LogP contribution in [-0.4, -0.2) is 16.9 Å². The van der Waals surface area contributed by atoms with E-state index in [0.717, 1.165) is 12.1 Å². The average molecular weight is 264 g/mol. The van der Waals surface area contributed by atoms with Crippen molar-refractivity contribution in [2.24, 2.45) is 0 Å². The van der Waals surface area contributed by atoms with Gasteiger partial charge in [-0.05, 0) is 20.3 Å². The number of aromatic nitrogens is 1. The van der Waals surface area contributed by atoms with E-state index in [4.69, 9.17) is 5.26 Å². The molecular weight excluding hydrogens is 248 g/mol. The van der Waals surface area contributed by atoms with Gasteiger partial charge in [0.2, 0.25) is 0 Å². The molecule has 0 spiro atoms. The van der Waals surface area contributed by atoms with Gasteiger partial charge in [-0.25, -0.2) is 4.98 Å². The lowest BCUT2D eigenvalue weighted by Gasteiger charge is -2.10. The average Bonchev–Trinajstić information content (AvgIpc) is 2.75. The second-order valence-corrected chi connectivity index (χ2v) is 4.75. The van der Waals surface area contributed by atoms with Crippen LogP contribution in [0.25, 0.3) is 0 Å². The quantitative estimate of drug-likeness (QED) is 0.631. The van der Waals surface area contributed by atoms with Crippen molar-refractivity contribution < 1.29 is 4.79 Å². The summed E-state index contributed by atoms with van der Waals surface area (Å²) in [4.78, 5) is 15.9. The van der Waals surface area contributed by atoms with Crippen molar-refractivity contribution in [1.29, 1.82) is 5.26 Å². The summed E-state index contributed by atoms with van der Waals surface area (Å²) in [5.74, 6) is -0.368. The van der Waals surface area contributed by atoms with Crippen molar-refractivity contribution in [3.05, 3.63) is 22.8 Å². The second-order valence-electron chi connectivity index (χ2n) is 3.89. The fourth-order valence-corrected chi connectivity index (χ4v) is 1.76. The molecule has 18 heavy (non-hydrogen) atoms. The number of nitriles is 1. The van der Waals surface area contributed by atoms with Crippen LogP contribution < -0.4 is 10.6 Å². The SMILES string of the molecule is CCC(C)NC(=O)/C(C#N)=C\Nc1nc(C)cs1. The predicted octanol–water partition coefficient (Wildman–Crippen LogP) is 2.19. The number of hydrogen-bond acceptors (Lipinski definition) is 5. The first-order valence-electron chi connectivity index (χ1n) is 5.66. The van der Waals surface area contributed by atoms with Gasteiger partial charge in [0, 0.05) is 17.6 Å². The van der Waals surface area contributed by atoms with Crippen LogP contribution >= 0.6 is 11.3 Å². The van der Waals surface area contributed by atoms with Crippen LogP contribution in [0.3, 0.4) is 0 Å². The number of nitrogens with zero attached hydrogens (tertiary/aromatic N) is 2. The maximum Gasteiger partial charge on any atom is 0.263 e. The van der Waals surface area contributed by atoms with E-state index >= 15 is 0 Å². The van der Waals surface area contributed by atoms with Gasteiger partial charge in [0.1, 0.15) is 11.6 Å². The number of carbonyl (C=O) groups is 1. The largest absolute Gasteiger partial charge is 0.349 e. The minimum absolute atomic E-state index is 0.0446. The first-order chi connectivity index (χ1) is 8.56. The molecule has 0 aromatic carbocycles. The number of anilines is 1. The number of amides is 1. The molecule has 96 valence electrons. The van der Waals surface area contributed by atoms with Gasteiger partial charge >= 0.3 is 0 Å². The van der Waals surface area contributed by atoms with Gasteiger partial charge in [0.25, 0.3) is 5.91 Å². The molecule has 1 amide bonds. The van der Waals surface area contributed by atoms with E-state index < -0.39 is 0 Å². The van der Waals surface area contributed by atoms with E-state index in [0.29, 0.717) is 5.13 Å². The van der Waals surface area contributed by atoms with Crippen LogP contribution in [0.2, 0.25) is 0 Å². The number of thiazole rings is 1. The smallest absolute Gasteiger partial charge is 0.263 e. The van der Waals surface area contributed by atoms with Gasteiger partial charge in [-0.3, -0.25) is 4.79 Å². The normalized spacial score (nSPS) is 12.7. The third kappa shape index (κ3) is 4.18. The number of carbonyl (C=O) groups excluding carboxylic acids is 1. The number of aryl methyl sites for hydroxylation is 1. The summed E-state index contributed by atoms with van der Waals surface area (Å²) in [6.45, 7) is 5.74. The highest BCUT2D eigenvalue weighted by Gasteiger charge is 2.11. The van der Waals surface area contributed by atoms with E-state index in [1.165, 1.54) is 17.5 Å². The third-order valence-corrected chi connectivity index (χ3v) is 3.21. The van der Waals surface area contributed by atoms with Crippen molar-refractivity contribution in [1.82, 2.24) is 10.3 Å². The lowest BCUT2D eigenvalue weighted by Crippen LogP contribution is -2.33. The Balaban J connectivity index is 2.66. The molecule has 0 saturated heterocycles. The Kier molecular flexibility index (Phi) is 5.33. The Bertz CT molecular complexity index is 487. The van der Waals surface area contributed by atoms with Gasteiger partial charge in [0.15, 0.2) is 5.13 Å². The molecule has 0 saturated carbocycles. The van der Waals surface area contributed by atoms with Gasteiger partial charge in [-0.2, -0.15) is 5.26 Å². The number of hydrogen-bond donors (Lipinski definition) is 2. The van der Waals surface area contributed by atoms with Gasteiger partial charge in [0.05, 0.1) is 5.69 Å². The standard InChI is InChI=1S/C12H16N4OS/c1-4-8(2)15-11(17)10(5-13)6-14-12-16-9(3)7-18-12/h6-8H,4H2,1-3H3,(H,14,16)(H,15,17)/b10-6-. The van der Waals surface area contributed by atoms with Crippen molar-refractivity contribution in [3.8, 4) is 6.07 Å². The molecule has 1 aromatic heterocycles. The Morgan fingerprint density at radius 1 is 1.72 bits per heavy atom. The van der Waals surface area contributed by atoms with Gasteiger partial charge < -0.3 is 10.6 Å². The molecule has 0 aliphatic heterocycles. The Morgan fingerprint density at radius 3 is 2.94 bits per heavy atom. The molecule has 0 radical (unpaired) electrons. The molecule has 6 heteroatoms. The minimum Gasteiger partial charge on any atom is -0.349 e. The lowest BCUT2D eigenvalue weighted by molar-refractivity contribution is -0.117. The molecule has 1 rings (SSSR count). The molecule has 1 atom stereocenters. The minimum atomic E-state index is -0.368.